The van der Waals surface area contributed by atoms with Crippen LogP contribution in [0, 0.1) is 0 Å². The molecule has 1 heterocycles. The fourth-order valence-electron chi connectivity index (χ4n) is 1.70. The number of nitrogens with zero attached hydrogens (tertiary/aromatic N) is 2. The van der Waals surface area contributed by atoms with Gasteiger partial charge in [-0.3, -0.25) is 4.99 Å². The topological polar surface area (TPSA) is 39.7 Å². The van der Waals surface area contributed by atoms with Gasteiger partial charge < -0.3 is 15.5 Å². The second-order valence-electron chi connectivity index (χ2n) is 4.24. The lowest BCUT2D eigenvalue weighted by atomic mass is 10.3. The molecule has 0 unspecified atom stereocenters. The summed E-state index contributed by atoms with van der Waals surface area (Å²) in [6.45, 7) is 5.45. The number of likely N-dealkylation sites (N-methyl/N-ethyl adjacent to an activating group) is 1. The van der Waals surface area contributed by atoms with Gasteiger partial charge in [-0.1, -0.05) is 6.92 Å². The summed E-state index contributed by atoms with van der Waals surface area (Å²) in [5.74, 6) is 0.758. The van der Waals surface area contributed by atoms with E-state index < -0.39 is 12.6 Å². The first kappa shape index (κ1) is 15.1. The van der Waals surface area contributed by atoms with Crippen molar-refractivity contribution in [2.75, 3.05) is 39.3 Å². The van der Waals surface area contributed by atoms with Gasteiger partial charge in [0.05, 0.1) is 6.42 Å². The molecular weight excluding hydrogens is 245 g/mol. The van der Waals surface area contributed by atoms with Gasteiger partial charge in [0.15, 0.2) is 5.96 Å². The Hall–Kier alpha value is -0.980. The lowest BCUT2D eigenvalue weighted by Gasteiger charge is -2.22. The average molecular weight is 266 g/mol. The highest BCUT2D eigenvalue weighted by atomic mass is 19.4. The number of alkyl halides is 3. The molecule has 0 aromatic carbocycles. The predicted molar refractivity (Wildman–Crippen MR) is 65.7 cm³/mol. The van der Waals surface area contributed by atoms with Crippen molar-refractivity contribution < 1.29 is 13.2 Å². The van der Waals surface area contributed by atoms with Crippen molar-refractivity contribution in [1.29, 1.82) is 0 Å². The number of rotatable bonds is 6. The van der Waals surface area contributed by atoms with E-state index in [2.05, 4.69) is 15.6 Å². The van der Waals surface area contributed by atoms with Crippen molar-refractivity contribution in [3.05, 3.63) is 0 Å². The summed E-state index contributed by atoms with van der Waals surface area (Å²) in [7, 11) is 0. The molecule has 0 atom stereocenters. The third-order valence-corrected chi connectivity index (χ3v) is 2.78. The van der Waals surface area contributed by atoms with Gasteiger partial charge in [0, 0.05) is 32.7 Å². The van der Waals surface area contributed by atoms with Crippen molar-refractivity contribution in [2.45, 2.75) is 25.9 Å². The molecule has 106 valence electrons. The molecule has 1 aliphatic rings. The number of aliphatic imine (C=N–C) groups is 1. The van der Waals surface area contributed by atoms with E-state index in [0.717, 1.165) is 25.5 Å². The van der Waals surface area contributed by atoms with E-state index in [9.17, 15) is 13.2 Å². The van der Waals surface area contributed by atoms with Crippen LogP contribution in [0.15, 0.2) is 4.99 Å². The highest BCUT2D eigenvalue weighted by Gasteiger charge is 2.27. The Bertz CT molecular complexity index is 266. The van der Waals surface area contributed by atoms with Crippen molar-refractivity contribution >= 4 is 5.96 Å². The summed E-state index contributed by atoms with van der Waals surface area (Å²) < 4.78 is 36.3. The van der Waals surface area contributed by atoms with Crippen LogP contribution in [0.2, 0.25) is 0 Å². The molecule has 0 radical (unpaired) electrons. The monoisotopic (exact) mass is 266 g/mol. The van der Waals surface area contributed by atoms with Crippen LogP contribution in [0.25, 0.3) is 0 Å². The molecule has 2 N–H and O–H groups in total. The van der Waals surface area contributed by atoms with Crippen molar-refractivity contribution in [3.8, 4) is 0 Å². The predicted octanol–water partition coefficient (Wildman–Crippen LogP) is 1.20. The van der Waals surface area contributed by atoms with Gasteiger partial charge >= 0.3 is 6.18 Å². The van der Waals surface area contributed by atoms with Gasteiger partial charge in [0.2, 0.25) is 0 Å². The Labute approximate surface area is 106 Å². The molecule has 0 aromatic heterocycles. The summed E-state index contributed by atoms with van der Waals surface area (Å²) in [4.78, 5) is 6.01. The van der Waals surface area contributed by atoms with Crippen LogP contribution in [0.5, 0.6) is 0 Å². The van der Waals surface area contributed by atoms with Gasteiger partial charge in [0.25, 0.3) is 0 Å². The second-order valence-corrected chi connectivity index (χ2v) is 4.24. The first-order valence-electron chi connectivity index (χ1n) is 6.32. The summed E-state index contributed by atoms with van der Waals surface area (Å²) >= 11 is 0. The molecule has 1 aliphatic heterocycles. The van der Waals surface area contributed by atoms with E-state index in [0.29, 0.717) is 19.6 Å². The van der Waals surface area contributed by atoms with Crippen LogP contribution in [0.1, 0.15) is 19.8 Å². The first-order chi connectivity index (χ1) is 8.51. The largest absolute Gasteiger partial charge is 0.390 e. The van der Waals surface area contributed by atoms with E-state index in [1.807, 2.05) is 6.92 Å². The molecule has 7 heteroatoms. The minimum atomic E-state index is -4.07. The maximum Gasteiger partial charge on any atom is 0.390 e. The zero-order valence-electron chi connectivity index (χ0n) is 10.7. The second kappa shape index (κ2) is 7.45. The SMILES string of the molecule is CCN(CCNC1=NCCCN1)CCC(F)(F)F. The quantitative estimate of drug-likeness (QED) is 0.759. The lowest BCUT2D eigenvalue weighted by molar-refractivity contribution is -0.137. The molecule has 0 bridgehead atoms. The molecule has 0 aliphatic carbocycles. The third-order valence-electron chi connectivity index (χ3n) is 2.78. The zero-order chi connectivity index (χ0) is 13.4. The minimum Gasteiger partial charge on any atom is -0.356 e. The number of hydrogen-bond donors (Lipinski definition) is 2. The van der Waals surface area contributed by atoms with Crippen LogP contribution < -0.4 is 10.6 Å². The maximum atomic E-state index is 12.1. The van der Waals surface area contributed by atoms with Crippen LogP contribution in [-0.4, -0.2) is 56.3 Å². The maximum absolute atomic E-state index is 12.1. The first-order valence-corrected chi connectivity index (χ1v) is 6.32. The van der Waals surface area contributed by atoms with E-state index in [-0.39, 0.29) is 6.54 Å². The summed E-state index contributed by atoms with van der Waals surface area (Å²) in [5, 5.41) is 6.21. The normalized spacial score (nSPS) is 16.4. The van der Waals surface area contributed by atoms with Crippen molar-refractivity contribution in [1.82, 2.24) is 15.5 Å². The van der Waals surface area contributed by atoms with Crippen LogP contribution in [0.3, 0.4) is 0 Å². The number of guanidine groups is 1. The number of nitrogens with one attached hydrogen (secondary N) is 2. The van der Waals surface area contributed by atoms with Crippen LogP contribution in [0.4, 0.5) is 13.2 Å². The Morgan fingerprint density at radius 2 is 2.17 bits per heavy atom. The Morgan fingerprint density at radius 3 is 2.72 bits per heavy atom. The Morgan fingerprint density at radius 1 is 1.39 bits per heavy atom. The highest BCUT2D eigenvalue weighted by Crippen LogP contribution is 2.19. The number of halogens is 3. The fraction of sp³-hybridized carbons (Fsp3) is 0.909. The molecule has 0 saturated heterocycles. The highest BCUT2D eigenvalue weighted by molar-refractivity contribution is 5.80. The van der Waals surface area contributed by atoms with Crippen molar-refractivity contribution in [3.63, 3.8) is 0 Å². The van der Waals surface area contributed by atoms with Gasteiger partial charge in [-0.15, -0.1) is 0 Å². The molecule has 0 fully saturated rings. The van der Waals surface area contributed by atoms with Gasteiger partial charge in [-0.05, 0) is 13.0 Å². The minimum absolute atomic E-state index is 0.0571. The van der Waals surface area contributed by atoms with E-state index in [4.69, 9.17) is 0 Å². The zero-order valence-corrected chi connectivity index (χ0v) is 10.7. The Balaban J connectivity index is 2.16. The van der Waals surface area contributed by atoms with Crippen LogP contribution in [-0.2, 0) is 0 Å². The molecule has 0 spiro atoms. The molecular formula is C11H21F3N4. The van der Waals surface area contributed by atoms with Crippen LogP contribution >= 0.6 is 0 Å². The molecule has 0 aromatic rings. The Kier molecular flexibility index (Phi) is 6.24. The van der Waals surface area contributed by atoms with Gasteiger partial charge in [-0.25, -0.2) is 0 Å². The molecule has 18 heavy (non-hydrogen) atoms. The molecule has 0 amide bonds. The third kappa shape index (κ3) is 6.68. The summed E-state index contributed by atoms with van der Waals surface area (Å²) in [5.41, 5.74) is 0. The van der Waals surface area contributed by atoms with Gasteiger partial charge in [-0.2, -0.15) is 13.2 Å². The van der Waals surface area contributed by atoms with E-state index >= 15 is 0 Å². The standard InChI is InChI=1S/C11H21F3N4/c1-2-18(8-4-11(12,13)14)9-7-17-10-15-5-3-6-16-10/h2-9H2,1H3,(H2,15,16,17). The molecule has 1 rings (SSSR count). The smallest absolute Gasteiger partial charge is 0.356 e. The average Bonchev–Trinajstić information content (AvgIpc) is 2.33. The fourth-order valence-corrected chi connectivity index (χ4v) is 1.70. The van der Waals surface area contributed by atoms with E-state index in [1.165, 1.54) is 0 Å². The van der Waals surface area contributed by atoms with E-state index in [1.54, 1.807) is 4.90 Å². The number of hydrogen-bond acceptors (Lipinski definition) is 4. The molecule has 4 nitrogen and oxygen atoms in total. The summed E-state index contributed by atoms with van der Waals surface area (Å²) in [6.07, 6.45) is -3.80. The lowest BCUT2D eigenvalue weighted by Crippen LogP contribution is -2.44. The summed E-state index contributed by atoms with van der Waals surface area (Å²) in [6, 6.07) is 0. The van der Waals surface area contributed by atoms with Gasteiger partial charge in [0.1, 0.15) is 0 Å². The van der Waals surface area contributed by atoms with Crippen molar-refractivity contribution in [2.24, 2.45) is 4.99 Å². The molecule has 0 saturated carbocycles.